The lowest BCUT2D eigenvalue weighted by molar-refractivity contribution is 0.661. The molecular weight excluding hydrogens is 689 g/mol. The van der Waals surface area contributed by atoms with Crippen molar-refractivity contribution in [2.24, 2.45) is 4.99 Å². The highest BCUT2D eigenvalue weighted by Gasteiger charge is 2.36. The summed E-state index contributed by atoms with van der Waals surface area (Å²) in [5.74, 6) is 0. The van der Waals surface area contributed by atoms with Gasteiger partial charge in [-0.2, -0.15) is 0 Å². The van der Waals surface area contributed by atoms with Crippen LogP contribution in [-0.2, 0) is 5.41 Å². The van der Waals surface area contributed by atoms with Gasteiger partial charge in [0.25, 0.3) is 0 Å². The van der Waals surface area contributed by atoms with Gasteiger partial charge in [0, 0.05) is 22.8 Å². The zero-order chi connectivity index (χ0) is 38.5. The first-order valence-electron chi connectivity index (χ1n) is 19.6. The molecule has 0 fully saturated rings. The summed E-state index contributed by atoms with van der Waals surface area (Å²) in [6.45, 7) is 4.70. The van der Waals surface area contributed by atoms with Gasteiger partial charge in [0.2, 0.25) is 0 Å². The summed E-state index contributed by atoms with van der Waals surface area (Å²) in [6, 6.07) is 66.9. The summed E-state index contributed by atoms with van der Waals surface area (Å²) in [4.78, 5) is 5.09. The Hall–Kier alpha value is -7.16. The molecule has 57 heavy (non-hydrogen) atoms. The minimum absolute atomic E-state index is 0.0471. The molecule has 2 heteroatoms. The lowest BCUT2D eigenvalue weighted by Crippen LogP contribution is -2.14. The van der Waals surface area contributed by atoms with E-state index in [0.717, 1.165) is 33.2 Å². The minimum atomic E-state index is -0.0471. The van der Waals surface area contributed by atoms with Crippen LogP contribution in [0, 0.1) is 5.41 Å². The molecule has 0 atom stereocenters. The summed E-state index contributed by atoms with van der Waals surface area (Å²) in [5, 5.41) is 16.2. The van der Waals surface area contributed by atoms with Crippen molar-refractivity contribution in [2.45, 2.75) is 19.3 Å². The largest absolute Gasteiger partial charge is 0.300 e. The maximum absolute atomic E-state index is 8.94. The van der Waals surface area contributed by atoms with Crippen molar-refractivity contribution >= 4 is 49.9 Å². The van der Waals surface area contributed by atoms with E-state index in [2.05, 4.69) is 172 Å². The number of fused-ring (bicyclic) bond motifs is 7. The molecule has 1 aliphatic rings. The predicted molar refractivity (Wildman–Crippen MR) is 243 cm³/mol. The minimum Gasteiger partial charge on any atom is -0.300 e. The lowest BCUT2D eigenvalue weighted by atomic mass is 9.82. The van der Waals surface area contributed by atoms with Crippen LogP contribution in [0.15, 0.2) is 199 Å². The quantitative estimate of drug-likeness (QED) is 0.159. The van der Waals surface area contributed by atoms with E-state index in [0.29, 0.717) is 5.71 Å². The van der Waals surface area contributed by atoms with Crippen LogP contribution in [0.5, 0.6) is 0 Å². The van der Waals surface area contributed by atoms with Gasteiger partial charge < -0.3 is 5.41 Å². The van der Waals surface area contributed by atoms with Crippen molar-refractivity contribution in [2.75, 3.05) is 0 Å². The van der Waals surface area contributed by atoms with Gasteiger partial charge in [-0.05, 0) is 101 Å². The molecule has 2 nitrogen and oxygen atoms in total. The number of allylic oxidation sites excluding steroid dienone is 1. The zero-order valence-corrected chi connectivity index (χ0v) is 32.0. The molecule has 0 aromatic heterocycles. The molecule has 0 saturated heterocycles. The normalized spacial score (nSPS) is 13.3. The van der Waals surface area contributed by atoms with Gasteiger partial charge in [-0.3, -0.25) is 4.99 Å². The van der Waals surface area contributed by atoms with Crippen molar-refractivity contribution < 1.29 is 0 Å². The Balaban J connectivity index is 0.996. The summed E-state index contributed by atoms with van der Waals surface area (Å²) in [5.41, 5.74) is 14.2. The SMILES string of the molecule is CC1(C)c2ccc(-c3ccc(-c4ccc(C=N/C(=C\C(=N)c5ccccc5)c5ccc6ccccc6c5)c5ccccc45)cc3)cc2-c2c1ccc1ccccc21. The topological polar surface area (TPSA) is 36.2 Å². The molecule has 0 saturated carbocycles. The third kappa shape index (κ3) is 6.07. The third-order valence-electron chi connectivity index (χ3n) is 11.8. The molecular formula is C55H40N2. The molecule has 0 aliphatic heterocycles. The van der Waals surface area contributed by atoms with Gasteiger partial charge in [-0.1, -0.05) is 190 Å². The number of hydrogen-bond acceptors (Lipinski definition) is 2. The molecule has 270 valence electrons. The van der Waals surface area contributed by atoms with Crippen LogP contribution in [0.2, 0.25) is 0 Å². The first-order valence-corrected chi connectivity index (χ1v) is 19.6. The van der Waals surface area contributed by atoms with Gasteiger partial charge in [0.1, 0.15) is 0 Å². The maximum atomic E-state index is 8.94. The highest BCUT2D eigenvalue weighted by atomic mass is 14.7. The standard InChI is InChI=1S/C55H40N2/c1-55(2)50-30-28-42(33-49(50)54-47-18-9-8-13-38(47)27-31-51(54)55)37-20-23-39(24-21-37)46-29-26-44(45-17-10-11-19-48(45)46)35-57-53(34-52(56)40-14-4-3-5-15-40)43-25-22-36-12-6-7-16-41(36)32-43/h3-35,56H,1-2H3/b53-34-,56-52?,57-35?. The van der Waals surface area contributed by atoms with E-state index in [1.165, 1.54) is 66.1 Å². The Kier molecular flexibility index (Phi) is 8.34. The van der Waals surface area contributed by atoms with Crippen LogP contribution in [0.4, 0.5) is 0 Å². The van der Waals surface area contributed by atoms with Crippen molar-refractivity contribution in [3.63, 3.8) is 0 Å². The second-order valence-corrected chi connectivity index (χ2v) is 15.5. The second kappa shape index (κ2) is 13.8. The summed E-state index contributed by atoms with van der Waals surface area (Å²) in [7, 11) is 0. The van der Waals surface area contributed by atoms with Gasteiger partial charge in [0.15, 0.2) is 0 Å². The predicted octanol–water partition coefficient (Wildman–Crippen LogP) is 14.3. The second-order valence-electron chi connectivity index (χ2n) is 15.5. The van der Waals surface area contributed by atoms with Crippen molar-refractivity contribution in [3.8, 4) is 33.4 Å². The summed E-state index contributed by atoms with van der Waals surface area (Å²) in [6.07, 6.45) is 3.82. The first kappa shape index (κ1) is 34.3. The number of benzene rings is 9. The Morgan fingerprint density at radius 1 is 0.474 bits per heavy atom. The molecule has 0 heterocycles. The third-order valence-corrected chi connectivity index (χ3v) is 11.8. The molecule has 0 spiro atoms. The van der Waals surface area contributed by atoms with E-state index >= 15 is 0 Å². The Morgan fingerprint density at radius 3 is 1.91 bits per heavy atom. The highest BCUT2D eigenvalue weighted by Crippen LogP contribution is 2.52. The summed E-state index contributed by atoms with van der Waals surface area (Å²) >= 11 is 0. The van der Waals surface area contributed by atoms with Crippen LogP contribution in [0.1, 0.15) is 41.7 Å². The average molecular weight is 729 g/mol. The number of nitrogens with zero attached hydrogens (tertiary/aromatic N) is 1. The van der Waals surface area contributed by atoms with Crippen molar-refractivity contribution in [1.29, 1.82) is 5.41 Å². The smallest absolute Gasteiger partial charge is 0.0723 e. The van der Waals surface area contributed by atoms with Gasteiger partial charge in [-0.15, -0.1) is 0 Å². The number of nitrogens with one attached hydrogen (secondary N) is 1. The van der Waals surface area contributed by atoms with E-state index in [9.17, 15) is 0 Å². The first-order chi connectivity index (χ1) is 27.9. The average Bonchev–Trinajstić information content (AvgIpc) is 3.50. The van der Waals surface area contributed by atoms with E-state index in [1.54, 1.807) is 0 Å². The molecule has 0 radical (unpaired) electrons. The molecule has 0 unspecified atom stereocenters. The van der Waals surface area contributed by atoms with Gasteiger partial charge in [0.05, 0.1) is 11.4 Å². The van der Waals surface area contributed by atoms with E-state index in [-0.39, 0.29) is 5.41 Å². The summed E-state index contributed by atoms with van der Waals surface area (Å²) < 4.78 is 0. The van der Waals surface area contributed by atoms with Crippen LogP contribution in [-0.4, -0.2) is 11.9 Å². The number of rotatable bonds is 7. The van der Waals surface area contributed by atoms with Crippen LogP contribution in [0.25, 0.3) is 71.4 Å². The maximum Gasteiger partial charge on any atom is 0.0723 e. The Labute approximate surface area is 333 Å². The number of hydrogen-bond donors (Lipinski definition) is 1. The fourth-order valence-electron chi connectivity index (χ4n) is 8.75. The van der Waals surface area contributed by atoms with E-state index in [1.807, 2.05) is 42.6 Å². The zero-order valence-electron chi connectivity index (χ0n) is 32.0. The van der Waals surface area contributed by atoms with Gasteiger partial charge >= 0.3 is 0 Å². The molecule has 0 amide bonds. The molecule has 9 aromatic carbocycles. The monoisotopic (exact) mass is 728 g/mol. The Morgan fingerprint density at radius 2 is 1.11 bits per heavy atom. The van der Waals surface area contributed by atoms with Crippen LogP contribution in [0.3, 0.4) is 0 Å². The van der Waals surface area contributed by atoms with Crippen molar-refractivity contribution in [1.82, 2.24) is 0 Å². The molecule has 9 aromatic rings. The van der Waals surface area contributed by atoms with Crippen LogP contribution >= 0.6 is 0 Å². The Bertz CT molecular complexity index is 3090. The fourth-order valence-corrected chi connectivity index (χ4v) is 8.75. The van der Waals surface area contributed by atoms with Gasteiger partial charge in [-0.25, -0.2) is 0 Å². The number of aliphatic imine (C=N–C) groups is 1. The highest BCUT2D eigenvalue weighted by molar-refractivity contribution is 6.12. The molecule has 1 aliphatic carbocycles. The van der Waals surface area contributed by atoms with E-state index in [4.69, 9.17) is 10.4 Å². The lowest BCUT2D eigenvalue weighted by Gasteiger charge is -2.21. The molecule has 0 bridgehead atoms. The van der Waals surface area contributed by atoms with Crippen molar-refractivity contribution in [3.05, 3.63) is 222 Å². The fraction of sp³-hybridized carbons (Fsp3) is 0.0545. The molecule has 1 N–H and O–H groups in total. The van der Waals surface area contributed by atoms with Crippen LogP contribution < -0.4 is 0 Å². The molecule has 10 rings (SSSR count). The van der Waals surface area contributed by atoms with E-state index < -0.39 is 0 Å².